The second-order valence-corrected chi connectivity index (χ2v) is 5.41. The number of aromatic nitrogens is 2. The van der Waals surface area contributed by atoms with Gasteiger partial charge in [-0.3, -0.25) is 9.13 Å². The Labute approximate surface area is 165 Å². The molecule has 2 aromatic carbocycles. The molecule has 0 N–H and O–H groups in total. The number of carbonyl (C=O) groups is 1. The third kappa shape index (κ3) is 3.82. The van der Waals surface area contributed by atoms with Crippen molar-refractivity contribution in [1.82, 2.24) is 9.13 Å². The van der Waals surface area contributed by atoms with Crippen LogP contribution in [-0.4, -0.2) is 15.1 Å². The number of hydrogen-bond donors (Lipinski definition) is 0. The van der Waals surface area contributed by atoms with Gasteiger partial charge < -0.3 is 9.90 Å². The summed E-state index contributed by atoms with van der Waals surface area (Å²) in [5.41, 5.74) is 1.56. The zero-order valence-electron chi connectivity index (χ0n) is 13.0. The summed E-state index contributed by atoms with van der Waals surface area (Å²) in [6, 6.07) is 16.0. The summed E-state index contributed by atoms with van der Waals surface area (Å²) in [5, 5.41) is 11.4. The minimum absolute atomic E-state index is 0. The average Bonchev–Trinajstić information content (AvgIpc) is 2.85. The third-order valence-corrected chi connectivity index (χ3v) is 3.66. The normalized spacial score (nSPS) is 10.2. The molecule has 0 spiro atoms. The summed E-state index contributed by atoms with van der Waals surface area (Å²) in [6.07, 6.45) is 1.52. The van der Waals surface area contributed by atoms with Crippen LogP contribution in [0, 0.1) is 0 Å². The van der Waals surface area contributed by atoms with Crippen molar-refractivity contribution in [3.05, 3.63) is 76.3 Å². The van der Waals surface area contributed by atoms with E-state index in [1.165, 1.54) is 10.8 Å². The van der Waals surface area contributed by atoms with E-state index in [4.69, 9.17) is 11.6 Å². The van der Waals surface area contributed by atoms with Gasteiger partial charge in [0.25, 0.3) is 0 Å². The molecule has 3 aromatic rings. The number of carboxylic acids is 1. The van der Waals surface area contributed by atoms with Gasteiger partial charge in [-0.1, -0.05) is 41.9 Å². The van der Waals surface area contributed by atoms with Gasteiger partial charge >= 0.3 is 35.2 Å². The quantitative estimate of drug-likeness (QED) is 0.550. The van der Waals surface area contributed by atoms with Gasteiger partial charge in [0.2, 0.25) is 0 Å². The summed E-state index contributed by atoms with van der Waals surface area (Å²) in [6.45, 7) is -0.501. The topological polar surface area (TPSA) is 67.1 Å². The van der Waals surface area contributed by atoms with Crippen LogP contribution in [0.3, 0.4) is 0 Å². The summed E-state index contributed by atoms with van der Waals surface area (Å²) in [4.78, 5) is 23.4. The first-order chi connectivity index (χ1) is 11.1. The summed E-state index contributed by atoms with van der Waals surface area (Å²) in [7, 11) is 0. The average molecular weight is 351 g/mol. The van der Waals surface area contributed by atoms with E-state index in [2.05, 4.69) is 0 Å². The van der Waals surface area contributed by atoms with E-state index in [9.17, 15) is 14.7 Å². The van der Waals surface area contributed by atoms with Gasteiger partial charge in [-0.25, -0.2) is 4.79 Å². The zero-order valence-corrected chi connectivity index (χ0v) is 15.7. The SMILES string of the molecule is O=C([O-])Cn1cc(-c2ccccc2)n(-c2ccc(Cl)cc2)c1=O.[Na+]. The molecule has 7 heteroatoms. The monoisotopic (exact) mass is 350 g/mol. The molecule has 0 saturated carbocycles. The van der Waals surface area contributed by atoms with Crippen molar-refractivity contribution < 1.29 is 39.5 Å². The molecule has 0 bridgehead atoms. The van der Waals surface area contributed by atoms with E-state index in [0.29, 0.717) is 16.4 Å². The van der Waals surface area contributed by atoms with Crippen LogP contribution in [0.2, 0.25) is 5.02 Å². The Morgan fingerprint density at radius 1 is 1.04 bits per heavy atom. The maximum Gasteiger partial charge on any atom is 1.00 e. The maximum atomic E-state index is 12.6. The van der Waals surface area contributed by atoms with Crippen molar-refractivity contribution in [2.75, 3.05) is 0 Å². The second-order valence-electron chi connectivity index (χ2n) is 4.97. The molecule has 1 heterocycles. The first-order valence-electron chi connectivity index (χ1n) is 6.89. The second kappa shape index (κ2) is 7.85. The Morgan fingerprint density at radius 2 is 1.67 bits per heavy atom. The van der Waals surface area contributed by atoms with E-state index in [0.717, 1.165) is 10.1 Å². The molecule has 3 rings (SSSR count). The van der Waals surface area contributed by atoms with Gasteiger partial charge in [0, 0.05) is 16.8 Å². The molecule has 5 nitrogen and oxygen atoms in total. The number of hydrogen-bond acceptors (Lipinski definition) is 3. The number of carbonyl (C=O) groups excluding carboxylic acids is 1. The fourth-order valence-corrected chi connectivity index (χ4v) is 2.52. The Hall–Kier alpha value is -1.79. The van der Waals surface area contributed by atoms with E-state index < -0.39 is 18.2 Å². The van der Waals surface area contributed by atoms with Gasteiger partial charge in [-0.05, 0) is 24.3 Å². The molecule has 0 aliphatic carbocycles. The molecule has 0 saturated heterocycles. The zero-order chi connectivity index (χ0) is 16.4. The van der Waals surface area contributed by atoms with Crippen molar-refractivity contribution in [2.45, 2.75) is 6.54 Å². The van der Waals surface area contributed by atoms with Crippen LogP contribution in [0.4, 0.5) is 0 Å². The van der Waals surface area contributed by atoms with Crippen molar-refractivity contribution in [3.8, 4) is 16.9 Å². The van der Waals surface area contributed by atoms with Crippen LogP contribution >= 0.6 is 11.6 Å². The van der Waals surface area contributed by atoms with Crippen molar-refractivity contribution in [1.29, 1.82) is 0 Å². The van der Waals surface area contributed by atoms with E-state index >= 15 is 0 Å². The first kappa shape index (κ1) is 18.5. The van der Waals surface area contributed by atoms with Crippen LogP contribution in [-0.2, 0) is 11.3 Å². The number of benzene rings is 2. The van der Waals surface area contributed by atoms with Gasteiger partial charge in [0.1, 0.15) is 0 Å². The fourth-order valence-electron chi connectivity index (χ4n) is 2.40. The molecule has 0 atom stereocenters. The Morgan fingerprint density at radius 3 is 2.25 bits per heavy atom. The van der Waals surface area contributed by atoms with Crippen LogP contribution in [0.1, 0.15) is 0 Å². The molecule has 24 heavy (non-hydrogen) atoms. The Kier molecular flexibility index (Phi) is 6.07. The summed E-state index contributed by atoms with van der Waals surface area (Å²) >= 11 is 5.89. The van der Waals surface area contributed by atoms with Crippen LogP contribution in [0.15, 0.2) is 65.6 Å². The van der Waals surface area contributed by atoms with Gasteiger partial charge in [-0.2, -0.15) is 0 Å². The number of imidazole rings is 1. The predicted octanol–water partition coefficient (Wildman–Crippen LogP) is -1.29. The standard InChI is InChI=1S/C17H13ClN2O3.Na/c18-13-6-8-14(9-7-13)20-15(12-4-2-1-3-5-12)10-19(17(20)23)11-16(21)22;/h1-10H,11H2,(H,21,22);/q;+1/p-1. The first-order valence-corrected chi connectivity index (χ1v) is 7.27. The van der Waals surface area contributed by atoms with Crippen LogP contribution in [0.5, 0.6) is 0 Å². The number of halogens is 1. The molecule has 0 aliphatic rings. The summed E-state index contributed by atoms with van der Waals surface area (Å²) < 4.78 is 2.57. The summed E-state index contributed by atoms with van der Waals surface area (Å²) in [5.74, 6) is -1.32. The molecular formula is C17H12ClN2NaO3. The molecule has 0 unspecified atom stereocenters. The number of carboxylic acid groups (broad SMARTS) is 1. The molecule has 0 fully saturated rings. The molecule has 0 radical (unpaired) electrons. The molecule has 0 amide bonds. The fraction of sp³-hybridized carbons (Fsp3) is 0.0588. The molecule has 116 valence electrons. The van der Waals surface area contributed by atoms with Gasteiger partial charge in [-0.15, -0.1) is 0 Å². The van der Waals surface area contributed by atoms with Gasteiger partial charge in [0.05, 0.1) is 23.9 Å². The third-order valence-electron chi connectivity index (χ3n) is 3.41. The Bertz CT molecular complexity index is 902. The predicted molar refractivity (Wildman–Crippen MR) is 85.5 cm³/mol. The number of aliphatic carboxylic acids is 1. The van der Waals surface area contributed by atoms with Crippen molar-refractivity contribution >= 4 is 17.6 Å². The van der Waals surface area contributed by atoms with E-state index in [-0.39, 0.29) is 29.6 Å². The van der Waals surface area contributed by atoms with Crippen LogP contribution in [0.25, 0.3) is 16.9 Å². The van der Waals surface area contributed by atoms with E-state index in [1.54, 1.807) is 24.3 Å². The smallest absolute Gasteiger partial charge is 0.548 e. The van der Waals surface area contributed by atoms with Crippen LogP contribution < -0.4 is 40.4 Å². The molecular weight excluding hydrogens is 339 g/mol. The minimum atomic E-state index is -1.32. The van der Waals surface area contributed by atoms with Crippen molar-refractivity contribution in [3.63, 3.8) is 0 Å². The molecule has 0 aliphatic heterocycles. The number of rotatable bonds is 4. The van der Waals surface area contributed by atoms with Gasteiger partial charge in [0.15, 0.2) is 0 Å². The Balaban J connectivity index is 0.00000208. The molecule has 1 aromatic heterocycles. The maximum absolute atomic E-state index is 12.6. The number of nitrogens with zero attached hydrogens (tertiary/aromatic N) is 2. The van der Waals surface area contributed by atoms with Crippen molar-refractivity contribution in [2.24, 2.45) is 0 Å². The minimum Gasteiger partial charge on any atom is -0.548 e. The van der Waals surface area contributed by atoms with E-state index in [1.807, 2.05) is 30.3 Å². The largest absolute Gasteiger partial charge is 1.00 e.